The molecule has 0 atom stereocenters. The van der Waals surface area contributed by atoms with E-state index in [0.717, 1.165) is 12.1 Å². The highest BCUT2D eigenvalue weighted by Gasteiger charge is 2.19. The molecule has 31 heavy (non-hydrogen) atoms. The Bertz CT molecular complexity index is 1400. The van der Waals surface area contributed by atoms with E-state index in [0.29, 0.717) is 28.2 Å². The van der Waals surface area contributed by atoms with Crippen molar-refractivity contribution in [1.29, 1.82) is 0 Å². The summed E-state index contributed by atoms with van der Waals surface area (Å²) in [5.74, 6) is -0.423. The molecule has 0 saturated carbocycles. The molecule has 3 aromatic carbocycles. The molecule has 9 heteroatoms. The number of carbonyl (C=O) groups excluding carboxylic acids is 1. The fraction of sp³-hybridized carbons (Fsp3) is 0.0909. The summed E-state index contributed by atoms with van der Waals surface area (Å²) in [4.78, 5) is 17.0. The molecule has 158 valence electrons. The van der Waals surface area contributed by atoms with E-state index in [-0.39, 0.29) is 16.1 Å². The molecule has 1 heterocycles. The van der Waals surface area contributed by atoms with Crippen molar-refractivity contribution in [2.45, 2.75) is 18.7 Å². The van der Waals surface area contributed by atoms with Crippen molar-refractivity contribution in [1.82, 2.24) is 4.98 Å². The topological polar surface area (TPSA) is 101 Å². The van der Waals surface area contributed by atoms with Crippen LogP contribution in [-0.4, -0.2) is 19.3 Å². The summed E-state index contributed by atoms with van der Waals surface area (Å²) in [5, 5.41) is 2.76. The molecular weight excluding hydrogens is 421 g/mol. The number of halogens is 1. The maximum absolute atomic E-state index is 13.1. The Kier molecular flexibility index (Phi) is 5.20. The fourth-order valence-corrected chi connectivity index (χ4v) is 4.15. The number of hydrogen-bond donors (Lipinski definition) is 2. The van der Waals surface area contributed by atoms with Crippen LogP contribution < -0.4 is 10.0 Å². The summed E-state index contributed by atoms with van der Waals surface area (Å²) in [6.07, 6.45) is 0. The molecule has 0 radical (unpaired) electrons. The molecule has 1 aromatic heterocycles. The van der Waals surface area contributed by atoms with Crippen LogP contribution in [0.25, 0.3) is 11.1 Å². The first-order chi connectivity index (χ1) is 14.7. The van der Waals surface area contributed by atoms with Gasteiger partial charge in [0.25, 0.3) is 15.9 Å². The summed E-state index contributed by atoms with van der Waals surface area (Å²) in [6, 6.07) is 14.2. The first-order valence-electron chi connectivity index (χ1n) is 9.29. The van der Waals surface area contributed by atoms with Crippen molar-refractivity contribution in [2.75, 3.05) is 10.0 Å². The van der Waals surface area contributed by atoms with Gasteiger partial charge in [-0.15, -0.1) is 0 Å². The minimum atomic E-state index is -3.97. The number of benzene rings is 3. The third-order valence-corrected chi connectivity index (χ3v) is 5.99. The SMILES string of the molecule is Cc1nc2cc(NC(=O)c3cc(S(=O)(=O)Nc4ccc(F)cc4)ccc3C)ccc2o1. The van der Waals surface area contributed by atoms with Crippen molar-refractivity contribution in [3.8, 4) is 0 Å². The van der Waals surface area contributed by atoms with Gasteiger partial charge in [0.2, 0.25) is 0 Å². The molecule has 0 bridgehead atoms. The molecule has 0 fully saturated rings. The number of carbonyl (C=O) groups is 1. The van der Waals surface area contributed by atoms with E-state index in [1.807, 2.05) is 0 Å². The maximum Gasteiger partial charge on any atom is 0.261 e. The number of nitrogens with zero attached hydrogens (tertiary/aromatic N) is 1. The summed E-state index contributed by atoms with van der Waals surface area (Å²) < 4.78 is 46.3. The average molecular weight is 439 g/mol. The number of fused-ring (bicyclic) bond motifs is 1. The smallest absolute Gasteiger partial charge is 0.261 e. The van der Waals surface area contributed by atoms with Crippen LogP contribution in [-0.2, 0) is 10.0 Å². The molecule has 0 aliphatic rings. The minimum absolute atomic E-state index is 0.0878. The Morgan fingerprint density at radius 3 is 2.42 bits per heavy atom. The second kappa shape index (κ2) is 7.84. The highest BCUT2D eigenvalue weighted by molar-refractivity contribution is 7.92. The molecule has 4 rings (SSSR count). The van der Waals surface area contributed by atoms with Crippen LogP contribution in [0.2, 0.25) is 0 Å². The zero-order valence-corrected chi connectivity index (χ0v) is 17.5. The van der Waals surface area contributed by atoms with E-state index in [1.54, 1.807) is 38.1 Å². The first kappa shape index (κ1) is 20.5. The molecule has 0 saturated heterocycles. The Labute approximate surface area is 178 Å². The molecule has 4 aromatic rings. The summed E-state index contributed by atoms with van der Waals surface area (Å²) in [7, 11) is -3.97. The second-order valence-corrected chi connectivity index (χ2v) is 8.64. The Balaban J connectivity index is 1.60. The molecule has 2 N–H and O–H groups in total. The van der Waals surface area contributed by atoms with Crippen LogP contribution >= 0.6 is 0 Å². The lowest BCUT2D eigenvalue weighted by molar-refractivity contribution is 0.102. The highest BCUT2D eigenvalue weighted by Crippen LogP contribution is 2.23. The van der Waals surface area contributed by atoms with Gasteiger partial charge in [-0.1, -0.05) is 6.07 Å². The van der Waals surface area contributed by atoms with Gasteiger partial charge < -0.3 is 9.73 Å². The van der Waals surface area contributed by atoms with Gasteiger partial charge in [-0.05, 0) is 67.1 Å². The largest absolute Gasteiger partial charge is 0.441 e. The van der Waals surface area contributed by atoms with Crippen molar-refractivity contribution in [3.63, 3.8) is 0 Å². The number of anilines is 2. The molecule has 7 nitrogen and oxygen atoms in total. The van der Waals surface area contributed by atoms with E-state index in [2.05, 4.69) is 15.0 Å². The number of aromatic nitrogens is 1. The van der Waals surface area contributed by atoms with E-state index < -0.39 is 21.7 Å². The number of amides is 1. The Hall–Kier alpha value is -3.72. The average Bonchev–Trinajstić information content (AvgIpc) is 3.09. The lowest BCUT2D eigenvalue weighted by Crippen LogP contribution is -2.17. The minimum Gasteiger partial charge on any atom is -0.441 e. The van der Waals surface area contributed by atoms with Gasteiger partial charge in [0, 0.05) is 23.9 Å². The maximum atomic E-state index is 13.1. The number of sulfonamides is 1. The van der Waals surface area contributed by atoms with Crippen molar-refractivity contribution < 1.29 is 22.0 Å². The quantitative estimate of drug-likeness (QED) is 0.472. The lowest BCUT2D eigenvalue weighted by atomic mass is 10.1. The van der Waals surface area contributed by atoms with Crippen molar-refractivity contribution in [2.24, 2.45) is 0 Å². The number of hydrogen-bond acceptors (Lipinski definition) is 5. The first-order valence-corrected chi connectivity index (χ1v) is 10.8. The highest BCUT2D eigenvalue weighted by atomic mass is 32.2. The normalized spacial score (nSPS) is 11.5. The zero-order valence-electron chi connectivity index (χ0n) is 16.6. The lowest BCUT2D eigenvalue weighted by Gasteiger charge is -2.12. The van der Waals surface area contributed by atoms with Gasteiger partial charge in [0.15, 0.2) is 11.5 Å². The fourth-order valence-electron chi connectivity index (χ4n) is 3.06. The van der Waals surface area contributed by atoms with Crippen molar-refractivity contribution in [3.05, 3.63) is 83.5 Å². The van der Waals surface area contributed by atoms with Crippen molar-refractivity contribution >= 4 is 38.4 Å². The molecule has 0 aliphatic heterocycles. The van der Waals surface area contributed by atoms with Crippen LogP contribution in [0, 0.1) is 19.7 Å². The van der Waals surface area contributed by atoms with Gasteiger partial charge >= 0.3 is 0 Å². The predicted molar refractivity (Wildman–Crippen MR) is 115 cm³/mol. The summed E-state index contributed by atoms with van der Waals surface area (Å²) >= 11 is 0. The number of rotatable bonds is 5. The van der Waals surface area contributed by atoms with Crippen LogP contribution in [0.3, 0.4) is 0 Å². The van der Waals surface area contributed by atoms with Gasteiger partial charge in [-0.25, -0.2) is 17.8 Å². The van der Waals surface area contributed by atoms with Gasteiger partial charge in [0.1, 0.15) is 11.3 Å². The molecular formula is C22H18FN3O4S. The zero-order chi connectivity index (χ0) is 22.2. The van der Waals surface area contributed by atoms with Crippen LogP contribution in [0.15, 0.2) is 70.0 Å². The number of aryl methyl sites for hydroxylation is 2. The molecule has 1 amide bonds. The predicted octanol–water partition coefficient (Wildman–Crippen LogP) is 4.64. The summed E-state index contributed by atoms with van der Waals surface area (Å²) in [5.41, 5.74) is 2.74. The molecule has 0 aliphatic carbocycles. The third-order valence-electron chi connectivity index (χ3n) is 4.61. The van der Waals surface area contributed by atoms with E-state index >= 15 is 0 Å². The van der Waals surface area contributed by atoms with Crippen LogP contribution in [0.1, 0.15) is 21.8 Å². The summed E-state index contributed by atoms with van der Waals surface area (Å²) in [6.45, 7) is 3.44. The third kappa shape index (κ3) is 4.41. The Morgan fingerprint density at radius 1 is 0.968 bits per heavy atom. The van der Waals surface area contributed by atoms with Gasteiger partial charge in [0.05, 0.1) is 4.90 Å². The standard InChI is InChI=1S/C22H18FN3O4S/c1-13-3-9-18(31(28,29)26-16-6-4-15(23)5-7-16)12-19(13)22(27)25-17-8-10-21-20(11-17)24-14(2)30-21/h3-12,26H,1-2H3,(H,25,27). The van der Waals surface area contributed by atoms with E-state index in [1.165, 1.54) is 24.3 Å². The monoisotopic (exact) mass is 439 g/mol. The van der Waals surface area contributed by atoms with Gasteiger partial charge in [-0.3, -0.25) is 9.52 Å². The molecule has 0 spiro atoms. The number of oxazole rings is 1. The second-order valence-electron chi connectivity index (χ2n) is 6.96. The Morgan fingerprint density at radius 2 is 1.68 bits per heavy atom. The van der Waals surface area contributed by atoms with E-state index in [4.69, 9.17) is 4.42 Å². The van der Waals surface area contributed by atoms with Gasteiger partial charge in [-0.2, -0.15) is 0 Å². The van der Waals surface area contributed by atoms with Crippen LogP contribution in [0.5, 0.6) is 0 Å². The van der Waals surface area contributed by atoms with E-state index in [9.17, 15) is 17.6 Å². The molecule has 0 unspecified atom stereocenters. The number of nitrogens with one attached hydrogen (secondary N) is 2. The van der Waals surface area contributed by atoms with Crippen LogP contribution in [0.4, 0.5) is 15.8 Å².